The SMILES string of the molecule is CCCNC(c1cc(Br)c(Br)s1)c1ccccc1CC. The summed E-state index contributed by atoms with van der Waals surface area (Å²) in [4.78, 5) is 1.35. The molecule has 1 atom stereocenters. The molecule has 20 heavy (non-hydrogen) atoms. The fourth-order valence-electron chi connectivity index (χ4n) is 2.30. The first-order valence-corrected chi connectivity index (χ1v) is 9.33. The van der Waals surface area contributed by atoms with Crippen molar-refractivity contribution in [2.75, 3.05) is 6.54 Å². The van der Waals surface area contributed by atoms with Crippen molar-refractivity contribution in [3.8, 4) is 0 Å². The number of halogens is 2. The lowest BCUT2D eigenvalue weighted by atomic mass is 9.97. The Morgan fingerprint density at radius 3 is 2.55 bits per heavy atom. The molecule has 1 N–H and O–H groups in total. The van der Waals surface area contributed by atoms with Gasteiger partial charge in [-0.3, -0.25) is 0 Å². The highest BCUT2D eigenvalue weighted by molar-refractivity contribution is 9.13. The molecule has 0 aliphatic heterocycles. The Hall–Kier alpha value is -0.160. The van der Waals surface area contributed by atoms with Crippen molar-refractivity contribution in [3.63, 3.8) is 0 Å². The molecule has 0 aliphatic rings. The summed E-state index contributed by atoms with van der Waals surface area (Å²) in [6.07, 6.45) is 2.20. The van der Waals surface area contributed by atoms with E-state index in [1.807, 2.05) is 0 Å². The average molecular weight is 417 g/mol. The van der Waals surface area contributed by atoms with Crippen LogP contribution in [-0.4, -0.2) is 6.54 Å². The third-order valence-electron chi connectivity index (χ3n) is 3.29. The molecule has 0 amide bonds. The zero-order chi connectivity index (χ0) is 14.5. The van der Waals surface area contributed by atoms with E-state index in [0.29, 0.717) is 0 Å². The molecular weight excluding hydrogens is 398 g/mol. The van der Waals surface area contributed by atoms with Crippen LogP contribution in [0.15, 0.2) is 38.6 Å². The highest BCUT2D eigenvalue weighted by Gasteiger charge is 2.19. The Bertz CT molecular complexity index is 546. The summed E-state index contributed by atoms with van der Waals surface area (Å²) in [5, 5.41) is 3.69. The van der Waals surface area contributed by atoms with Gasteiger partial charge in [-0.05, 0) is 68.4 Å². The van der Waals surface area contributed by atoms with Gasteiger partial charge < -0.3 is 5.32 Å². The lowest BCUT2D eigenvalue weighted by Gasteiger charge is -2.20. The predicted octanol–water partition coefficient (Wildman–Crippen LogP) is 5.92. The summed E-state index contributed by atoms with van der Waals surface area (Å²) in [7, 11) is 0. The van der Waals surface area contributed by atoms with E-state index in [1.165, 1.54) is 16.0 Å². The molecule has 0 radical (unpaired) electrons. The molecule has 1 nitrogen and oxygen atoms in total. The van der Waals surface area contributed by atoms with Crippen molar-refractivity contribution >= 4 is 43.2 Å². The van der Waals surface area contributed by atoms with Gasteiger partial charge in [-0.2, -0.15) is 0 Å². The van der Waals surface area contributed by atoms with Gasteiger partial charge in [0, 0.05) is 9.35 Å². The van der Waals surface area contributed by atoms with E-state index in [9.17, 15) is 0 Å². The largest absolute Gasteiger partial charge is 0.306 e. The van der Waals surface area contributed by atoms with Gasteiger partial charge in [0.05, 0.1) is 9.83 Å². The molecule has 0 spiro atoms. The first kappa shape index (κ1) is 16.2. The summed E-state index contributed by atoms with van der Waals surface area (Å²) >= 11 is 9.00. The van der Waals surface area contributed by atoms with Crippen LogP contribution < -0.4 is 5.32 Å². The average Bonchev–Trinajstić information content (AvgIpc) is 2.79. The Balaban J connectivity index is 2.41. The van der Waals surface area contributed by atoms with Gasteiger partial charge in [-0.15, -0.1) is 11.3 Å². The Kier molecular flexibility index (Phi) is 6.27. The maximum Gasteiger partial charge on any atom is 0.0843 e. The first-order valence-electron chi connectivity index (χ1n) is 6.93. The van der Waals surface area contributed by atoms with Crippen molar-refractivity contribution in [1.29, 1.82) is 0 Å². The van der Waals surface area contributed by atoms with Crippen molar-refractivity contribution in [2.24, 2.45) is 0 Å². The normalized spacial score (nSPS) is 12.6. The van der Waals surface area contributed by atoms with Crippen LogP contribution >= 0.6 is 43.2 Å². The van der Waals surface area contributed by atoms with E-state index in [4.69, 9.17) is 0 Å². The van der Waals surface area contributed by atoms with Crippen LogP contribution in [0.1, 0.15) is 42.3 Å². The quantitative estimate of drug-likeness (QED) is 0.615. The van der Waals surface area contributed by atoms with Gasteiger partial charge in [0.2, 0.25) is 0 Å². The van der Waals surface area contributed by atoms with Gasteiger partial charge in [0.15, 0.2) is 0 Å². The van der Waals surface area contributed by atoms with Crippen molar-refractivity contribution < 1.29 is 0 Å². The predicted molar refractivity (Wildman–Crippen MR) is 95.7 cm³/mol. The van der Waals surface area contributed by atoms with Crippen molar-refractivity contribution in [3.05, 3.63) is 54.6 Å². The molecule has 0 aliphatic carbocycles. The summed E-state index contributed by atoms with van der Waals surface area (Å²) in [5.41, 5.74) is 2.81. The van der Waals surface area contributed by atoms with Crippen molar-refractivity contribution in [1.82, 2.24) is 5.32 Å². The van der Waals surface area contributed by atoms with Crippen molar-refractivity contribution in [2.45, 2.75) is 32.7 Å². The van der Waals surface area contributed by atoms with Gasteiger partial charge in [-0.25, -0.2) is 0 Å². The van der Waals surface area contributed by atoms with Crippen LogP contribution in [0.25, 0.3) is 0 Å². The summed E-state index contributed by atoms with van der Waals surface area (Å²) in [6.45, 7) is 5.45. The number of benzene rings is 1. The summed E-state index contributed by atoms with van der Waals surface area (Å²) in [6, 6.07) is 11.2. The number of thiophene rings is 1. The highest BCUT2D eigenvalue weighted by atomic mass is 79.9. The number of aryl methyl sites for hydroxylation is 1. The van der Waals surface area contributed by atoms with Crippen LogP contribution in [-0.2, 0) is 6.42 Å². The molecule has 1 heterocycles. The molecule has 1 aromatic carbocycles. The zero-order valence-corrected chi connectivity index (χ0v) is 15.7. The van der Waals surface area contributed by atoms with E-state index < -0.39 is 0 Å². The van der Waals surface area contributed by atoms with E-state index in [-0.39, 0.29) is 6.04 Å². The van der Waals surface area contributed by atoms with Crippen LogP contribution in [0.2, 0.25) is 0 Å². The molecule has 108 valence electrons. The van der Waals surface area contributed by atoms with Crippen LogP contribution in [0.5, 0.6) is 0 Å². The maximum absolute atomic E-state index is 3.69. The minimum absolute atomic E-state index is 0.277. The molecule has 4 heteroatoms. The molecular formula is C16H19Br2NS. The van der Waals surface area contributed by atoms with Crippen LogP contribution in [0, 0.1) is 0 Å². The molecule has 0 saturated heterocycles. The standard InChI is InChI=1S/C16H19Br2NS/c1-3-9-19-15(14-10-13(17)16(18)20-14)12-8-6-5-7-11(12)4-2/h5-8,10,15,19H,3-4,9H2,1-2H3. The van der Waals surface area contributed by atoms with Gasteiger partial charge in [0.1, 0.15) is 0 Å². The topological polar surface area (TPSA) is 12.0 Å². The molecule has 2 rings (SSSR count). The fraction of sp³-hybridized carbons (Fsp3) is 0.375. The smallest absolute Gasteiger partial charge is 0.0843 e. The summed E-state index contributed by atoms with van der Waals surface area (Å²) in [5.74, 6) is 0. The Labute approximate surface area is 142 Å². The first-order chi connectivity index (χ1) is 9.67. The van der Waals surface area contributed by atoms with E-state index in [0.717, 1.165) is 27.6 Å². The molecule has 1 aromatic heterocycles. The second-order valence-corrected chi connectivity index (χ2v) is 7.97. The molecule has 1 unspecified atom stereocenters. The third kappa shape index (κ3) is 3.73. The highest BCUT2D eigenvalue weighted by Crippen LogP contribution is 2.38. The lowest BCUT2D eigenvalue weighted by Crippen LogP contribution is -2.23. The molecule has 0 fully saturated rings. The molecule has 2 aromatic rings. The number of nitrogens with one attached hydrogen (secondary N) is 1. The molecule has 0 bridgehead atoms. The second-order valence-electron chi connectivity index (χ2n) is 4.71. The van der Waals surface area contributed by atoms with Gasteiger partial charge in [-0.1, -0.05) is 38.1 Å². The number of hydrogen-bond acceptors (Lipinski definition) is 2. The lowest BCUT2D eigenvalue weighted by molar-refractivity contribution is 0.602. The van der Waals surface area contributed by atoms with Crippen LogP contribution in [0.3, 0.4) is 0 Å². The van der Waals surface area contributed by atoms with E-state index in [2.05, 4.69) is 81.4 Å². The zero-order valence-electron chi connectivity index (χ0n) is 11.7. The second kappa shape index (κ2) is 7.74. The number of rotatable bonds is 6. The van der Waals surface area contributed by atoms with Gasteiger partial charge >= 0.3 is 0 Å². The number of hydrogen-bond donors (Lipinski definition) is 1. The third-order valence-corrected chi connectivity index (χ3v) is 6.62. The van der Waals surface area contributed by atoms with Gasteiger partial charge in [0.25, 0.3) is 0 Å². The minimum atomic E-state index is 0.277. The fourth-order valence-corrected chi connectivity index (χ4v) is 4.48. The monoisotopic (exact) mass is 415 g/mol. The Morgan fingerprint density at radius 1 is 1.20 bits per heavy atom. The Morgan fingerprint density at radius 2 is 1.95 bits per heavy atom. The minimum Gasteiger partial charge on any atom is -0.306 e. The van der Waals surface area contributed by atoms with E-state index >= 15 is 0 Å². The maximum atomic E-state index is 3.69. The van der Waals surface area contributed by atoms with E-state index in [1.54, 1.807) is 11.3 Å². The molecule has 0 saturated carbocycles. The van der Waals surface area contributed by atoms with Crippen LogP contribution in [0.4, 0.5) is 0 Å². The summed E-state index contributed by atoms with van der Waals surface area (Å²) < 4.78 is 2.29.